The Morgan fingerprint density at radius 2 is 2.19 bits per heavy atom. The van der Waals surface area contributed by atoms with Gasteiger partial charge < -0.3 is 10.4 Å². The Morgan fingerprint density at radius 1 is 1.50 bits per heavy atom. The summed E-state index contributed by atoms with van der Waals surface area (Å²) in [5.74, 6) is 0. The highest BCUT2D eigenvalue weighted by atomic mass is 32.1. The van der Waals surface area contributed by atoms with E-state index < -0.39 is 0 Å². The number of aliphatic hydroxyl groups excluding tert-OH is 1. The molecule has 0 spiro atoms. The van der Waals surface area contributed by atoms with Gasteiger partial charge in [-0.2, -0.15) is 0 Å². The molecule has 2 N–H and O–H groups in total. The van der Waals surface area contributed by atoms with Crippen LogP contribution in [0, 0.1) is 0 Å². The summed E-state index contributed by atoms with van der Waals surface area (Å²) in [6.45, 7) is 9.70. The Hall–Kier alpha value is -0.450. The van der Waals surface area contributed by atoms with Crippen LogP contribution in [0.25, 0.3) is 0 Å². The number of aromatic nitrogens is 1. The molecule has 3 nitrogen and oxygen atoms in total. The molecule has 16 heavy (non-hydrogen) atoms. The lowest BCUT2D eigenvalue weighted by atomic mass is 9.98. The molecule has 92 valence electrons. The molecule has 0 fully saturated rings. The van der Waals surface area contributed by atoms with Gasteiger partial charge in [-0.1, -0.05) is 20.8 Å². The van der Waals surface area contributed by atoms with E-state index in [1.807, 2.05) is 6.20 Å². The Morgan fingerprint density at radius 3 is 2.69 bits per heavy atom. The van der Waals surface area contributed by atoms with Gasteiger partial charge in [0.1, 0.15) is 0 Å². The molecular weight excluding hydrogens is 220 g/mol. The van der Waals surface area contributed by atoms with Gasteiger partial charge in [0.2, 0.25) is 0 Å². The zero-order valence-electron chi connectivity index (χ0n) is 10.6. The van der Waals surface area contributed by atoms with Crippen LogP contribution in [-0.2, 0) is 12.0 Å². The summed E-state index contributed by atoms with van der Waals surface area (Å²) in [5.41, 5.74) is 0.139. The van der Waals surface area contributed by atoms with Crippen molar-refractivity contribution >= 4 is 11.3 Å². The van der Waals surface area contributed by atoms with E-state index in [4.69, 9.17) is 5.11 Å². The van der Waals surface area contributed by atoms with Crippen LogP contribution < -0.4 is 5.32 Å². The predicted octanol–water partition coefficient (Wildman–Crippen LogP) is 2.30. The van der Waals surface area contributed by atoms with Gasteiger partial charge >= 0.3 is 0 Å². The maximum absolute atomic E-state index is 8.79. The van der Waals surface area contributed by atoms with Crippen LogP contribution in [0.3, 0.4) is 0 Å². The number of aliphatic hydroxyl groups is 1. The van der Waals surface area contributed by atoms with Crippen LogP contribution in [0.4, 0.5) is 0 Å². The number of hydrogen-bond acceptors (Lipinski definition) is 4. The Labute approximate surface area is 102 Å². The lowest BCUT2D eigenvalue weighted by Crippen LogP contribution is -2.25. The zero-order chi connectivity index (χ0) is 12.2. The van der Waals surface area contributed by atoms with Gasteiger partial charge in [0.25, 0.3) is 0 Å². The summed E-state index contributed by atoms with van der Waals surface area (Å²) >= 11 is 1.76. The predicted molar refractivity (Wildman–Crippen MR) is 68.8 cm³/mol. The minimum Gasteiger partial charge on any atom is -0.396 e. The number of nitrogens with zero attached hydrogens (tertiary/aromatic N) is 1. The third-order valence-electron chi connectivity index (χ3n) is 2.38. The number of thiazole rings is 1. The second-order valence-corrected chi connectivity index (χ2v) is 6.29. The molecule has 4 heteroatoms. The van der Waals surface area contributed by atoms with E-state index in [1.54, 1.807) is 11.3 Å². The molecular formula is C12H22N2OS. The highest BCUT2D eigenvalue weighted by Crippen LogP contribution is 2.26. The summed E-state index contributed by atoms with van der Waals surface area (Å²) in [7, 11) is 0. The molecule has 0 saturated carbocycles. The van der Waals surface area contributed by atoms with Gasteiger partial charge in [0.15, 0.2) is 0 Å². The van der Waals surface area contributed by atoms with Crippen LogP contribution in [0.2, 0.25) is 0 Å². The van der Waals surface area contributed by atoms with Crippen molar-refractivity contribution in [2.75, 3.05) is 6.61 Å². The first-order valence-electron chi connectivity index (χ1n) is 5.73. The highest BCUT2D eigenvalue weighted by molar-refractivity contribution is 7.11. The van der Waals surface area contributed by atoms with Crippen molar-refractivity contribution in [2.45, 2.75) is 52.1 Å². The highest BCUT2D eigenvalue weighted by Gasteiger charge is 2.17. The van der Waals surface area contributed by atoms with Gasteiger partial charge in [-0.3, -0.25) is 0 Å². The third-order valence-corrected chi connectivity index (χ3v) is 3.81. The van der Waals surface area contributed by atoms with Crippen molar-refractivity contribution in [3.63, 3.8) is 0 Å². The minimum atomic E-state index is 0.139. The smallest absolute Gasteiger partial charge is 0.0981 e. The molecule has 0 aliphatic heterocycles. The lowest BCUT2D eigenvalue weighted by Gasteiger charge is -2.13. The molecule has 0 bridgehead atoms. The van der Waals surface area contributed by atoms with Crippen LogP contribution in [0.15, 0.2) is 6.20 Å². The van der Waals surface area contributed by atoms with Gasteiger partial charge in [-0.15, -0.1) is 11.3 Å². The Bertz CT molecular complexity index is 317. The third kappa shape index (κ3) is 4.20. The number of hydrogen-bond donors (Lipinski definition) is 2. The molecule has 1 heterocycles. The quantitative estimate of drug-likeness (QED) is 0.833. The fraction of sp³-hybridized carbons (Fsp3) is 0.750. The van der Waals surface area contributed by atoms with Crippen molar-refractivity contribution in [3.8, 4) is 0 Å². The van der Waals surface area contributed by atoms with E-state index in [-0.39, 0.29) is 12.0 Å². The number of rotatable bonds is 5. The van der Waals surface area contributed by atoms with Crippen LogP contribution in [-0.4, -0.2) is 22.7 Å². The van der Waals surface area contributed by atoms with Crippen LogP contribution >= 0.6 is 11.3 Å². The zero-order valence-corrected chi connectivity index (χ0v) is 11.4. The monoisotopic (exact) mass is 242 g/mol. The van der Waals surface area contributed by atoms with E-state index >= 15 is 0 Å². The normalized spacial score (nSPS) is 14.1. The van der Waals surface area contributed by atoms with E-state index in [2.05, 4.69) is 38.0 Å². The molecule has 0 radical (unpaired) electrons. The molecule has 0 saturated heterocycles. The first-order chi connectivity index (χ1) is 7.43. The van der Waals surface area contributed by atoms with Crippen LogP contribution in [0.1, 0.15) is 44.0 Å². The van der Waals surface area contributed by atoms with E-state index in [9.17, 15) is 0 Å². The summed E-state index contributed by atoms with van der Waals surface area (Å²) in [6, 6.07) is 0.352. The standard InChI is InChI=1S/C12H22N2OS/c1-9(5-6-15)13-7-10-8-14-11(16-10)12(2,3)4/h8-9,13,15H,5-7H2,1-4H3/t9-/m1/s1. The fourth-order valence-electron chi connectivity index (χ4n) is 1.31. The van der Waals surface area contributed by atoms with Gasteiger partial charge in [-0.25, -0.2) is 4.98 Å². The van der Waals surface area contributed by atoms with Gasteiger partial charge in [-0.05, 0) is 13.3 Å². The molecule has 0 aliphatic carbocycles. The number of nitrogens with one attached hydrogen (secondary N) is 1. The summed E-state index contributed by atoms with van der Waals surface area (Å²) in [5, 5.41) is 13.3. The van der Waals surface area contributed by atoms with Crippen molar-refractivity contribution in [3.05, 3.63) is 16.1 Å². The fourth-order valence-corrected chi connectivity index (χ4v) is 2.23. The first kappa shape index (κ1) is 13.6. The first-order valence-corrected chi connectivity index (χ1v) is 6.54. The average Bonchev–Trinajstić information content (AvgIpc) is 2.63. The topological polar surface area (TPSA) is 45.1 Å². The van der Waals surface area contributed by atoms with Crippen molar-refractivity contribution in [2.24, 2.45) is 0 Å². The molecule has 0 aromatic carbocycles. The molecule has 0 amide bonds. The van der Waals surface area contributed by atoms with Crippen molar-refractivity contribution in [1.29, 1.82) is 0 Å². The van der Waals surface area contributed by atoms with E-state index in [0.717, 1.165) is 13.0 Å². The summed E-state index contributed by atoms with van der Waals surface area (Å²) in [4.78, 5) is 5.70. The summed E-state index contributed by atoms with van der Waals surface area (Å²) < 4.78 is 0. The molecule has 1 atom stereocenters. The Kier molecular flexibility index (Phi) is 4.89. The lowest BCUT2D eigenvalue weighted by molar-refractivity contribution is 0.269. The maximum atomic E-state index is 8.79. The van der Waals surface area contributed by atoms with E-state index in [1.165, 1.54) is 9.88 Å². The van der Waals surface area contributed by atoms with Gasteiger partial charge in [0, 0.05) is 35.7 Å². The average molecular weight is 242 g/mol. The molecule has 0 aliphatic rings. The second kappa shape index (κ2) is 5.75. The summed E-state index contributed by atoms with van der Waals surface area (Å²) in [6.07, 6.45) is 2.74. The molecule has 1 rings (SSSR count). The van der Waals surface area contributed by atoms with Gasteiger partial charge in [0.05, 0.1) is 5.01 Å². The van der Waals surface area contributed by atoms with Crippen LogP contribution in [0.5, 0.6) is 0 Å². The van der Waals surface area contributed by atoms with E-state index in [0.29, 0.717) is 6.04 Å². The SMILES string of the molecule is C[C@H](CCO)NCc1cnc(C(C)(C)C)s1. The molecule has 0 unspecified atom stereocenters. The largest absolute Gasteiger partial charge is 0.396 e. The van der Waals surface area contributed by atoms with Crippen molar-refractivity contribution < 1.29 is 5.11 Å². The Balaban J connectivity index is 2.47. The van der Waals surface area contributed by atoms with Crippen molar-refractivity contribution in [1.82, 2.24) is 10.3 Å². The maximum Gasteiger partial charge on any atom is 0.0981 e. The second-order valence-electron chi connectivity index (χ2n) is 5.18. The molecule has 1 aromatic rings. The molecule has 1 aromatic heterocycles. The minimum absolute atomic E-state index is 0.139.